The van der Waals surface area contributed by atoms with Gasteiger partial charge in [0.2, 0.25) is 5.91 Å². The number of carbonyl (C=O) groups is 1. The predicted octanol–water partition coefficient (Wildman–Crippen LogP) is 4.14. The van der Waals surface area contributed by atoms with Crippen molar-refractivity contribution >= 4 is 12.0 Å². The van der Waals surface area contributed by atoms with E-state index in [2.05, 4.69) is 5.32 Å². The van der Waals surface area contributed by atoms with Crippen molar-refractivity contribution in [3.63, 3.8) is 0 Å². The first-order chi connectivity index (χ1) is 13.2. The number of para-hydroxylation sites is 1. The monoisotopic (exact) mass is 367 g/mol. The standard InChI is InChI=1S/C22H25NO4/c1-3-18(17-9-11-20-21(15-17)27-14-13-26-20)23-22(24)12-10-16-7-5-6-8-19(16)25-4-2/h5-12,15,18H,3-4,13-14H2,1-2H3,(H,23,24)/b12-10+. The molecule has 0 radical (unpaired) electrons. The van der Waals surface area contributed by atoms with Crippen molar-refractivity contribution in [2.45, 2.75) is 26.3 Å². The summed E-state index contributed by atoms with van der Waals surface area (Å²) in [7, 11) is 0. The zero-order chi connectivity index (χ0) is 19.1. The number of hydrogen-bond donors (Lipinski definition) is 1. The molecular weight excluding hydrogens is 342 g/mol. The van der Waals surface area contributed by atoms with Gasteiger partial charge in [0.1, 0.15) is 19.0 Å². The van der Waals surface area contributed by atoms with Crippen LogP contribution in [0.25, 0.3) is 6.08 Å². The lowest BCUT2D eigenvalue weighted by molar-refractivity contribution is -0.117. The second-order valence-electron chi connectivity index (χ2n) is 6.18. The van der Waals surface area contributed by atoms with Gasteiger partial charge in [-0.1, -0.05) is 31.2 Å². The lowest BCUT2D eigenvalue weighted by Gasteiger charge is -2.22. The molecule has 1 heterocycles. The van der Waals surface area contributed by atoms with Crippen LogP contribution in [0, 0.1) is 0 Å². The minimum absolute atomic E-state index is 0.0971. The van der Waals surface area contributed by atoms with Gasteiger partial charge in [0.25, 0.3) is 0 Å². The second kappa shape index (κ2) is 9.12. The molecule has 27 heavy (non-hydrogen) atoms. The molecule has 0 aromatic heterocycles. The second-order valence-corrected chi connectivity index (χ2v) is 6.18. The highest BCUT2D eigenvalue weighted by Crippen LogP contribution is 2.33. The molecular formula is C22H25NO4. The Hall–Kier alpha value is -2.95. The summed E-state index contributed by atoms with van der Waals surface area (Å²) < 4.78 is 16.8. The molecule has 1 aliphatic rings. The highest BCUT2D eigenvalue weighted by molar-refractivity contribution is 5.92. The third-order valence-electron chi connectivity index (χ3n) is 4.33. The summed E-state index contributed by atoms with van der Waals surface area (Å²) in [4.78, 5) is 12.4. The van der Waals surface area contributed by atoms with Crippen molar-refractivity contribution in [1.82, 2.24) is 5.32 Å². The zero-order valence-electron chi connectivity index (χ0n) is 15.7. The Morgan fingerprint density at radius 3 is 2.70 bits per heavy atom. The molecule has 0 fully saturated rings. The minimum Gasteiger partial charge on any atom is -0.493 e. The predicted molar refractivity (Wildman–Crippen MR) is 105 cm³/mol. The molecule has 5 heteroatoms. The Balaban J connectivity index is 1.69. The number of fused-ring (bicyclic) bond motifs is 1. The Labute approximate surface area is 159 Å². The third-order valence-corrected chi connectivity index (χ3v) is 4.33. The smallest absolute Gasteiger partial charge is 0.244 e. The number of amides is 1. The molecule has 142 valence electrons. The van der Waals surface area contributed by atoms with Gasteiger partial charge in [-0.05, 0) is 43.2 Å². The molecule has 2 aromatic carbocycles. The van der Waals surface area contributed by atoms with Crippen LogP contribution >= 0.6 is 0 Å². The van der Waals surface area contributed by atoms with Crippen LogP contribution in [0.3, 0.4) is 0 Å². The van der Waals surface area contributed by atoms with Crippen LogP contribution in [0.2, 0.25) is 0 Å². The summed E-state index contributed by atoms with van der Waals surface area (Å²) in [5.41, 5.74) is 1.88. The number of ether oxygens (including phenoxy) is 3. The lowest BCUT2D eigenvalue weighted by Crippen LogP contribution is -2.26. The first kappa shape index (κ1) is 18.8. The van der Waals surface area contributed by atoms with Crippen LogP contribution in [-0.4, -0.2) is 25.7 Å². The van der Waals surface area contributed by atoms with Gasteiger partial charge in [-0.25, -0.2) is 0 Å². The highest BCUT2D eigenvalue weighted by atomic mass is 16.6. The summed E-state index contributed by atoms with van der Waals surface area (Å²) in [6, 6.07) is 13.4. The molecule has 0 aliphatic carbocycles. The van der Waals surface area contributed by atoms with E-state index in [1.54, 1.807) is 12.2 Å². The number of benzene rings is 2. The fraction of sp³-hybridized carbons (Fsp3) is 0.318. The zero-order valence-corrected chi connectivity index (χ0v) is 15.7. The largest absolute Gasteiger partial charge is 0.493 e. The average Bonchev–Trinajstić information content (AvgIpc) is 2.71. The minimum atomic E-state index is -0.150. The first-order valence-corrected chi connectivity index (χ1v) is 9.31. The van der Waals surface area contributed by atoms with Gasteiger partial charge in [0.05, 0.1) is 12.6 Å². The van der Waals surface area contributed by atoms with Gasteiger partial charge in [0, 0.05) is 11.6 Å². The van der Waals surface area contributed by atoms with E-state index in [1.165, 1.54) is 0 Å². The number of rotatable bonds is 7. The van der Waals surface area contributed by atoms with Gasteiger partial charge in [-0.3, -0.25) is 4.79 Å². The summed E-state index contributed by atoms with van der Waals surface area (Å²) >= 11 is 0. The fourth-order valence-corrected chi connectivity index (χ4v) is 2.99. The van der Waals surface area contributed by atoms with Crippen LogP contribution in [0.5, 0.6) is 17.2 Å². The topological polar surface area (TPSA) is 56.8 Å². The fourth-order valence-electron chi connectivity index (χ4n) is 2.99. The van der Waals surface area contributed by atoms with E-state index in [-0.39, 0.29) is 11.9 Å². The molecule has 1 atom stereocenters. The van der Waals surface area contributed by atoms with Gasteiger partial charge in [0.15, 0.2) is 11.5 Å². The maximum absolute atomic E-state index is 12.4. The van der Waals surface area contributed by atoms with Crippen LogP contribution in [0.4, 0.5) is 0 Å². The van der Waals surface area contributed by atoms with Crippen LogP contribution in [-0.2, 0) is 4.79 Å². The maximum atomic E-state index is 12.4. The lowest BCUT2D eigenvalue weighted by atomic mass is 10.0. The summed E-state index contributed by atoms with van der Waals surface area (Å²) in [5, 5.41) is 3.05. The Morgan fingerprint density at radius 1 is 1.15 bits per heavy atom. The van der Waals surface area contributed by atoms with E-state index >= 15 is 0 Å². The SMILES string of the molecule is CCOc1ccccc1/C=C/C(=O)NC(CC)c1ccc2c(c1)OCCO2. The van der Waals surface area contributed by atoms with Crippen molar-refractivity contribution in [3.05, 3.63) is 59.7 Å². The molecule has 2 aromatic rings. The summed E-state index contributed by atoms with van der Waals surface area (Å²) in [6.07, 6.45) is 4.09. The van der Waals surface area contributed by atoms with E-state index in [1.807, 2.05) is 56.3 Å². The van der Waals surface area contributed by atoms with Crippen molar-refractivity contribution in [1.29, 1.82) is 0 Å². The Bertz CT molecular complexity index is 816. The van der Waals surface area contributed by atoms with E-state index in [0.29, 0.717) is 19.8 Å². The molecule has 0 spiro atoms. The molecule has 0 saturated heterocycles. The molecule has 1 N–H and O–H groups in total. The number of carbonyl (C=O) groups excluding carboxylic acids is 1. The van der Waals surface area contributed by atoms with Gasteiger partial charge in [-0.2, -0.15) is 0 Å². The van der Waals surface area contributed by atoms with Gasteiger partial charge < -0.3 is 19.5 Å². The Morgan fingerprint density at radius 2 is 1.93 bits per heavy atom. The van der Waals surface area contributed by atoms with E-state index < -0.39 is 0 Å². The molecule has 1 unspecified atom stereocenters. The van der Waals surface area contributed by atoms with E-state index in [4.69, 9.17) is 14.2 Å². The third kappa shape index (κ3) is 4.82. The quantitative estimate of drug-likeness (QED) is 0.748. The van der Waals surface area contributed by atoms with Crippen LogP contribution < -0.4 is 19.5 Å². The molecule has 5 nitrogen and oxygen atoms in total. The van der Waals surface area contributed by atoms with E-state index in [9.17, 15) is 4.79 Å². The molecule has 0 bridgehead atoms. The Kier molecular flexibility index (Phi) is 6.36. The van der Waals surface area contributed by atoms with E-state index in [0.717, 1.165) is 34.8 Å². The number of nitrogens with one attached hydrogen (secondary N) is 1. The molecule has 1 amide bonds. The molecule has 3 rings (SSSR count). The van der Waals surface area contributed by atoms with Crippen molar-refractivity contribution in [3.8, 4) is 17.2 Å². The molecule has 0 saturated carbocycles. The average molecular weight is 367 g/mol. The van der Waals surface area contributed by atoms with Crippen molar-refractivity contribution < 1.29 is 19.0 Å². The van der Waals surface area contributed by atoms with Crippen molar-refractivity contribution in [2.75, 3.05) is 19.8 Å². The van der Waals surface area contributed by atoms with Gasteiger partial charge >= 0.3 is 0 Å². The first-order valence-electron chi connectivity index (χ1n) is 9.31. The number of hydrogen-bond acceptors (Lipinski definition) is 4. The summed E-state index contributed by atoms with van der Waals surface area (Å²) in [5.74, 6) is 2.09. The van der Waals surface area contributed by atoms with Crippen LogP contribution in [0.15, 0.2) is 48.5 Å². The van der Waals surface area contributed by atoms with Crippen LogP contribution in [0.1, 0.15) is 37.4 Å². The maximum Gasteiger partial charge on any atom is 0.244 e. The normalized spacial score (nSPS) is 14.0. The highest BCUT2D eigenvalue weighted by Gasteiger charge is 2.17. The van der Waals surface area contributed by atoms with Crippen molar-refractivity contribution in [2.24, 2.45) is 0 Å². The van der Waals surface area contributed by atoms with Gasteiger partial charge in [-0.15, -0.1) is 0 Å². The molecule has 1 aliphatic heterocycles. The summed E-state index contributed by atoms with van der Waals surface area (Å²) in [6.45, 7) is 5.66.